The minimum absolute atomic E-state index is 1.30. The van der Waals surface area contributed by atoms with Crippen molar-refractivity contribution in [1.82, 2.24) is 0 Å². The zero-order valence-electron chi connectivity index (χ0n) is 8.31. The molecule has 0 aromatic heterocycles. The van der Waals surface area contributed by atoms with Gasteiger partial charge in [-0.3, -0.25) is 0 Å². The molecule has 0 amide bonds. The fraction of sp³-hybridized carbons (Fsp3) is 0.333. The van der Waals surface area contributed by atoms with Gasteiger partial charge in [-0.2, -0.15) is 0 Å². The quantitative estimate of drug-likeness (QED) is 0.588. The summed E-state index contributed by atoms with van der Waals surface area (Å²) in [5.74, 6) is 0. The van der Waals surface area contributed by atoms with E-state index in [0.717, 1.165) is 0 Å². The van der Waals surface area contributed by atoms with Crippen LogP contribution in [0.25, 0.3) is 6.08 Å². The predicted molar refractivity (Wildman–Crippen MR) is 55.4 cm³/mol. The molecule has 0 aliphatic heterocycles. The lowest BCUT2D eigenvalue weighted by Gasteiger charge is -2.05. The summed E-state index contributed by atoms with van der Waals surface area (Å²) in [7, 11) is 0. The summed E-state index contributed by atoms with van der Waals surface area (Å²) in [5, 5.41) is 0. The normalized spacial score (nSPS) is 11.0. The molecule has 64 valence electrons. The molecular formula is C12H16. The maximum atomic E-state index is 2.22. The second-order valence-electron chi connectivity index (χ2n) is 3.28. The Hall–Kier alpha value is -1.04. The van der Waals surface area contributed by atoms with Crippen molar-refractivity contribution >= 4 is 6.08 Å². The van der Waals surface area contributed by atoms with E-state index in [1.165, 1.54) is 22.3 Å². The van der Waals surface area contributed by atoms with Gasteiger partial charge >= 0.3 is 0 Å². The second kappa shape index (κ2) is 3.57. The summed E-state index contributed by atoms with van der Waals surface area (Å²) in [5.41, 5.74) is 5.47. The minimum atomic E-state index is 1.30. The van der Waals surface area contributed by atoms with Crippen LogP contribution in [-0.2, 0) is 0 Å². The van der Waals surface area contributed by atoms with E-state index < -0.39 is 0 Å². The highest BCUT2D eigenvalue weighted by atomic mass is 14.0. The standard InChI is InChI=1S/C12H16/c1-5-6-12-7-9(2)11(4)10(3)8-12/h5-8H,1-4H3/b6-5-. The SMILES string of the molecule is C/C=C\c1cc(C)c(C)c(C)c1. The first-order chi connectivity index (χ1) is 5.65. The van der Waals surface area contributed by atoms with Gasteiger partial charge in [-0.25, -0.2) is 0 Å². The van der Waals surface area contributed by atoms with Crippen LogP contribution in [0.1, 0.15) is 29.2 Å². The first kappa shape index (κ1) is 9.05. The Bertz CT molecular complexity index is 283. The Morgan fingerprint density at radius 1 is 1.00 bits per heavy atom. The van der Waals surface area contributed by atoms with Gasteiger partial charge in [-0.1, -0.05) is 24.3 Å². The zero-order chi connectivity index (χ0) is 9.14. The fourth-order valence-electron chi connectivity index (χ4n) is 1.36. The fourth-order valence-corrected chi connectivity index (χ4v) is 1.36. The lowest BCUT2D eigenvalue weighted by atomic mass is 10.0. The van der Waals surface area contributed by atoms with E-state index in [9.17, 15) is 0 Å². The molecular weight excluding hydrogens is 144 g/mol. The van der Waals surface area contributed by atoms with Crippen LogP contribution >= 0.6 is 0 Å². The van der Waals surface area contributed by atoms with Crippen molar-refractivity contribution in [2.75, 3.05) is 0 Å². The Balaban J connectivity index is 3.21. The largest absolute Gasteiger partial charge is 0.0871 e. The van der Waals surface area contributed by atoms with Gasteiger partial charge in [0.25, 0.3) is 0 Å². The summed E-state index contributed by atoms with van der Waals surface area (Å²) in [6.07, 6.45) is 4.21. The van der Waals surface area contributed by atoms with Gasteiger partial charge in [0.2, 0.25) is 0 Å². The third-order valence-electron chi connectivity index (χ3n) is 2.31. The number of hydrogen-bond donors (Lipinski definition) is 0. The molecule has 0 aliphatic carbocycles. The van der Waals surface area contributed by atoms with Gasteiger partial charge < -0.3 is 0 Å². The average molecular weight is 160 g/mol. The maximum Gasteiger partial charge on any atom is -0.0254 e. The van der Waals surface area contributed by atoms with Crippen molar-refractivity contribution in [2.24, 2.45) is 0 Å². The molecule has 1 aromatic rings. The van der Waals surface area contributed by atoms with Crippen LogP contribution in [0, 0.1) is 20.8 Å². The number of aryl methyl sites for hydroxylation is 2. The first-order valence-electron chi connectivity index (χ1n) is 4.35. The van der Waals surface area contributed by atoms with Crippen molar-refractivity contribution < 1.29 is 0 Å². The molecule has 0 bridgehead atoms. The molecule has 1 rings (SSSR count). The molecule has 0 nitrogen and oxygen atoms in total. The first-order valence-corrected chi connectivity index (χ1v) is 4.35. The third kappa shape index (κ3) is 1.76. The molecule has 0 fully saturated rings. The van der Waals surface area contributed by atoms with E-state index in [-0.39, 0.29) is 0 Å². The van der Waals surface area contributed by atoms with Crippen molar-refractivity contribution in [3.63, 3.8) is 0 Å². The van der Waals surface area contributed by atoms with Gasteiger partial charge in [-0.15, -0.1) is 0 Å². The van der Waals surface area contributed by atoms with Crippen molar-refractivity contribution in [2.45, 2.75) is 27.7 Å². The molecule has 0 heteroatoms. The van der Waals surface area contributed by atoms with Gasteiger partial charge in [0, 0.05) is 0 Å². The molecule has 0 atom stereocenters. The van der Waals surface area contributed by atoms with E-state index in [0.29, 0.717) is 0 Å². The summed E-state index contributed by atoms with van der Waals surface area (Å²) in [4.78, 5) is 0. The number of benzene rings is 1. The summed E-state index contributed by atoms with van der Waals surface area (Å²) in [6, 6.07) is 4.45. The minimum Gasteiger partial charge on any atom is -0.0871 e. The molecule has 0 N–H and O–H groups in total. The van der Waals surface area contributed by atoms with E-state index in [1.807, 2.05) is 6.92 Å². The Morgan fingerprint density at radius 3 is 1.92 bits per heavy atom. The maximum absolute atomic E-state index is 2.22. The molecule has 0 spiro atoms. The number of hydrogen-bond acceptors (Lipinski definition) is 0. The van der Waals surface area contributed by atoms with Crippen LogP contribution < -0.4 is 0 Å². The molecule has 0 radical (unpaired) electrons. The predicted octanol–water partition coefficient (Wildman–Crippen LogP) is 3.64. The molecule has 0 heterocycles. The van der Waals surface area contributed by atoms with E-state index in [2.05, 4.69) is 45.1 Å². The molecule has 0 aliphatic rings. The van der Waals surface area contributed by atoms with E-state index in [4.69, 9.17) is 0 Å². The highest BCUT2D eigenvalue weighted by Gasteiger charge is 1.97. The highest BCUT2D eigenvalue weighted by Crippen LogP contribution is 2.16. The van der Waals surface area contributed by atoms with Crippen molar-refractivity contribution in [3.8, 4) is 0 Å². The number of rotatable bonds is 1. The van der Waals surface area contributed by atoms with Crippen molar-refractivity contribution in [1.29, 1.82) is 0 Å². The van der Waals surface area contributed by atoms with Crippen LogP contribution in [0.5, 0.6) is 0 Å². The van der Waals surface area contributed by atoms with E-state index in [1.54, 1.807) is 0 Å². The third-order valence-corrected chi connectivity index (χ3v) is 2.31. The van der Waals surface area contributed by atoms with Gasteiger partial charge in [-0.05, 0) is 49.9 Å². The molecule has 0 unspecified atom stereocenters. The van der Waals surface area contributed by atoms with Gasteiger partial charge in [0.05, 0.1) is 0 Å². The Morgan fingerprint density at radius 2 is 1.50 bits per heavy atom. The summed E-state index contributed by atoms with van der Waals surface area (Å²) >= 11 is 0. The Kier molecular flexibility index (Phi) is 2.69. The van der Waals surface area contributed by atoms with Crippen LogP contribution in [0.2, 0.25) is 0 Å². The smallest absolute Gasteiger partial charge is 0.0254 e. The van der Waals surface area contributed by atoms with Crippen LogP contribution in [0.4, 0.5) is 0 Å². The highest BCUT2D eigenvalue weighted by molar-refractivity contribution is 5.53. The lowest BCUT2D eigenvalue weighted by molar-refractivity contribution is 1.26. The summed E-state index contributed by atoms with van der Waals surface area (Å²) in [6.45, 7) is 8.54. The lowest BCUT2D eigenvalue weighted by Crippen LogP contribution is -1.87. The topological polar surface area (TPSA) is 0 Å². The zero-order valence-corrected chi connectivity index (χ0v) is 8.31. The van der Waals surface area contributed by atoms with Gasteiger partial charge in [0.1, 0.15) is 0 Å². The van der Waals surface area contributed by atoms with Crippen LogP contribution in [0.3, 0.4) is 0 Å². The number of allylic oxidation sites excluding steroid dienone is 1. The monoisotopic (exact) mass is 160 g/mol. The van der Waals surface area contributed by atoms with Crippen LogP contribution in [0.15, 0.2) is 18.2 Å². The average Bonchev–Trinajstić information content (AvgIpc) is 2.01. The molecule has 0 saturated carbocycles. The van der Waals surface area contributed by atoms with Crippen LogP contribution in [-0.4, -0.2) is 0 Å². The van der Waals surface area contributed by atoms with E-state index >= 15 is 0 Å². The van der Waals surface area contributed by atoms with Gasteiger partial charge in [0.15, 0.2) is 0 Å². The Labute approximate surface area is 74.9 Å². The summed E-state index contributed by atoms with van der Waals surface area (Å²) < 4.78 is 0. The van der Waals surface area contributed by atoms with Crippen molar-refractivity contribution in [3.05, 3.63) is 40.5 Å². The second-order valence-corrected chi connectivity index (χ2v) is 3.28. The molecule has 0 saturated heterocycles. The molecule has 1 aromatic carbocycles. The molecule has 12 heavy (non-hydrogen) atoms.